The molecule has 1 aromatic heterocycles. The molecule has 0 spiro atoms. The molecule has 0 unspecified atom stereocenters. The molecule has 0 N–H and O–H groups in total. The Morgan fingerprint density at radius 2 is 1.22 bits per heavy atom. The molecule has 0 bridgehead atoms. The first kappa shape index (κ1) is 16.2. The van der Waals surface area contributed by atoms with Crippen molar-refractivity contribution in [1.82, 2.24) is 4.57 Å². The number of rotatable bonds is 2. The van der Waals surface area contributed by atoms with Crippen LogP contribution in [0.2, 0.25) is 5.02 Å². The van der Waals surface area contributed by atoms with Gasteiger partial charge in [0.05, 0.1) is 0 Å². The molecule has 0 saturated heterocycles. The summed E-state index contributed by atoms with van der Waals surface area (Å²) in [5.74, 6) is 0. The highest BCUT2D eigenvalue weighted by molar-refractivity contribution is 6.31. The number of hydrogen-bond acceptors (Lipinski definition) is 0. The van der Waals surface area contributed by atoms with Crippen LogP contribution in [-0.2, 0) is 7.05 Å². The SMILES string of the molecule is Cn1c2ccccc2c2cc(-c3cc(Cl)cc(-c4ccccc4)c3)ccc21. The minimum absolute atomic E-state index is 0.754. The van der Waals surface area contributed by atoms with Gasteiger partial charge in [-0.25, -0.2) is 0 Å². The van der Waals surface area contributed by atoms with Gasteiger partial charge in [-0.1, -0.05) is 66.2 Å². The molecular formula is C25H18ClN. The van der Waals surface area contributed by atoms with Crippen molar-refractivity contribution in [1.29, 1.82) is 0 Å². The number of nitrogens with zero attached hydrogens (tertiary/aromatic N) is 1. The number of aromatic nitrogens is 1. The predicted molar refractivity (Wildman–Crippen MR) is 116 cm³/mol. The quantitative estimate of drug-likeness (QED) is 0.308. The number of benzene rings is 4. The van der Waals surface area contributed by atoms with Crippen LogP contribution in [0, 0.1) is 0 Å². The Morgan fingerprint density at radius 1 is 0.556 bits per heavy atom. The summed E-state index contributed by atoms with van der Waals surface area (Å²) in [6.45, 7) is 0. The normalized spacial score (nSPS) is 11.3. The van der Waals surface area contributed by atoms with E-state index < -0.39 is 0 Å². The molecule has 27 heavy (non-hydrogen) atoms. The van der Waals surface area contributed by atoms with Crippen molar-refractivity contribution < 1.29 is 0 Å². The van der Waals surface area contributed by atoms with Crippen LogP contribution in [0.1, 0.15) is 0 Å². The molecule has 5 aromatic rings. The summed E-state index contributed by atoms with van der Waals surface area (Å²) >= 11 is 6.46. The smallest absolute Gasteiger partial charge is 0.0489 e. The lowest BCUT2D eigenvalue weighted by molar-refractivity contribution is 1.01. The van der Waals surface area contributed by atoms with Crippen LogP contribution >= 0.6 is 11.6 Å². The topological polar surface area (TPSA) is 4.93 Å². The number of aryl methyl sites for hydroxylation is 1. The van der Waals surface area contributed by atoms with Crippen molar-refractivity contribution in [2.24, 2.45) is 7.05 Å². The summed E-state index contributed by atoms with van der Waals surface area (Å²) in [7, 11) is 2.12. The zero-order valence-electron chi connectivity index (χ0n) is 15.0. The van der Waals surface area contributed by atoms with Crippen LogP contribution in [0.25, 0.3) is 44.1 Å². The molecule has 0 fully saturated rings. The second kappa shape index (κ2) is 6.29. The molecule has 130 valence electrons. The highest BCUT2D eigenvalue weighted by Crippen LogP contribution is 2.34. The van der Waals surface area contributed by atoms with E-state index in [0.717, 1.165) is 16.1 Å². The van der Waals surface area contributed by atoms with Gasteiger partial charge in [0.1, 0.15) is 0 Å². The van der Waals surface area contributed by atoms with Crippen molar-refractivity contribution in [2.75, 3.05) is 0 Å². The third kappa shape index (κ3) is 2.72. The predicted octanol–water partition coefficient (Wildman–Crippen LogP) is 7.32. The Balaban J connectivity index is 1.72. The van der Waals surface area contributed by atoms with Crippen LogP contribution in [0.3, 0.4) is 0 Å². The van der Waals surface area contributed by atoms with Gasteiger partial charge in [0.15, 0.2) is 0 Å². The van der Waals surface area contributed by atoms with Crippen molar-refractivity contribution in [3.8, 4) is 22.3 Å². The monoisotopic (exact) mass is 367 g/mol. The average Bonchev–Trinajstić information content (AvgIpc) is 3.00. The molecule has 0 amide bonds. The fraction of sp³-hybridized carbons (Fsp3) is 0.0400. The summed E-state index contributed by atoms with van der Waals surface area (Å²) in [6, 6.07) is 31.9. The third-order valence-corrected chi connectivity index (χ3v) is 5.47. The molecular weight excluding hydrogens is 350 g/mol. The van der Waals surface area contributed by atoms with E-state index in [0.29, 0.717) is 0 Å². The van der Waals surface area contributed by atoms with E-state index in [4.69, 9.17) is 11.6 Å². The van der Waals surface area contributed by atoms with E-state index in [1.807, 2.05) is 18.2 Å². The molecule has 0 saturated carbocycles. The second-order valence-corrected chi connectivity index (χ2v) is 7.34. The maximum Gasteiger partial charge on any atom is 0.0489 e. The van der Waals surface area contributed by atoms with Gasteiger partial charge in [0, 0.05) is 33.9 Å². The van der Waals surface area contributed by atoms with E-state index in [2.05, 4.69) is 84.4 Å². The molecule has 5 rings (SSSR count). The van der Waals surface area contributed by atoms with Gasteiger partial charge in [-0.15, -0.1) is 0 Å². The van der Waals surface area contributed by atoms with E-state index >= 15 is 0 Å². The average molecular weight is 368 g/mol. The van der Waals surface area contributed by atoms with Gasteiger partial charge in [-0.3, -0.25) is 0 Å². The Labute approximate surface area is 163 Å². The molecule has 2 heteroatoms. The maximum atomic E-state index is 6.46. The van der Waals surface area contributed by atoms with Crippen LogP contribution in [0.5, 0.6) is 0 Å². The Bertz CT molecular complexity index is 1280. The van der Waals surface area contributed by atoms with Gasteiger partial charge in [0.2, 0.25) is 0 Å². The molecule has 0 aliphatic carbocycles. The molecule has 1 heterocycles. The lowest BCUT2D eigenvalue weighted by Gasteiger charge is -2.08. The zero-order chi connectivity index (χ0) is 18.4. The van der Waals surface area contributed by atoms with Gasteiger partial charge < -0.3 is 4.57 Å². The van der Waals surface area contributed by atoms with Crippen LogP contribution in [-0.4, -0.2) is 4.57 Å². The molecule has 0 aliphatic rings. The van der Waals surface area contributed by atoms with E-state index in [1.54, 1.807) is 0 Å². The maximum absolute atomic E-state index is 6.46. The summed E-state index contributed by atoms with van der Waals surface area (Å²) in [4.78, 5) is 0. The number of para-hydroxylation sites is 1. The molecule has 1 nitrogen and oxygen atoms in total. The third-order valence-electron chi connectivity index (χ3n) is 5.25. The van der Waals surface area contributed by atoms with Crippen LogP contribution in [0.4, 0.5) is 0 Å². The first-order valence-electron chi connectivity index (χ1n) is 9.04. The highest BCUT2D eigenvalue weighted by Gasteiger charge is 2.10. The van der Waals surface area contributed by atoms with E-state index in [9.17, 15) is 0 Å². The number of fused-ring (bicyclic) bond motifs is 3. The Morgan fingerprint density at radius 3 is 2.04 bits per heavy atom. The summed E-state index contributed by atoms with van der Waals surface area (Å²) in [5, 5.41) is 3.30. The largest absolute Gasteiger partial charge is 0.344 e. The minimum atomic E-state index is 0.754. The zero-order valence-corrected chi connectivity index (χ0v) is 15.7. The lowest BCUT2D eigenvalue weighted by Crippen LogP contribution is -1.86. The number of hydrogen-bond donors (Lipinski definition) is 0. The summed E-state index contributed by atoms with van der Waals surface area (Å²) < 4.78 is 2.25. The van der Waals surface area contributed by atoms with Crippen molar-refractivity contribution in [3.63, 3.8) is 0 Å². The van der Waals surface area contributed by atoms with E-state index in [1.165, 1.54) is 32.9 Å². The number of halogens is 1. The Hall–Kier alpha value is -3.03. The van der Waals surface area contributed by atoms with Gasteiger partial charge in [-0.2, -0.15) is 0 Å². The summed E-state index contributed by atoms with van der Waals surface area (Å²) in [5.41, 5.74) is 7.12. The molecule has 0 aliphatic heterocycles. The summed E-state index contributed by atoms with van der Waals surface area (Å²) in [6.07, 6.45) is 0. The highest BCUT2D eigenvalue weighted by atomic mass is 35.5. The van der Waals surface area contributed by atoms with Crippen molar-refractivity contribution in [2.45, 2.75) is 0 Å². The fourth-order valence-corrected chi connectivity index (χ4v) is 4.14. The fourth-order valence-electron chi connectivity index (χ4n) is 3.90. The lowest BCUT2D eigenvalue weighted by atomic mass is 9.98. The standard InChI is InChI=1S/C25H18ClN/c1-27-24-10-6-5-9-22(24)23-16-18(11-12-25(23)27)20-13-19(14-21(26)15-20)17-7-3-2-4-8-17/h2-16H,1H3. The van der Waals surface area contributed by atoms with Crippen LogP contribution < -0.4 is 0 Å². The van der Waals surface area contributed by atoms with Gasteiger partial charge in [0.25, 0.3) is 0 Å². The molecule has 0 atom stereocenters. The molecule has 4 aromatic carbocycles. The van der Waals surface area contributed by atoms with E-state index in [-0.39, 0.29) is 0 Å². The first-order chi connectivity index (χ1) is 13.2. The molecule has 0 radical (unpaired) electrons. The van der Waals surface area contributed by atoms with Crippen molar-refractivity contribution >= 4 is 33.4 Å². The Kier molecular flexibility index (Phi) is 3.77. The first-order valence-corrected chi connectivity index (χ1v) is 9.42. The second-order valence-electron chi connectivity index (χ2n) is 6.90. The van der Waals surface area contributed by atoms with Crippen molar-refractivity contribution in [3.05, 3.63) is 96.0 Å². The van der Waals surface area contributed by atoms with Crippen LogP contribution in [0.15, 0.2) is 91.0 Å². The van der Waals surface area contributed by atoms with Gasteiger partial charge in [-0.05, 0) is 58.7 Å². The minimum Gasteiger partial charge on any atom is -0.344 e. The van der Waals surface area contributed by atoms with Gasteiger partial charge >= 0.3 is 0 Å².